The van der Waals surface area contributed by atoms with Gasteiger partial charge in [0.25, 0.3) is 5.69 Å². The Labute approximate surface area is 93.5 Å². The summed E-state index contributed by atoms with van der Waals surface area (Å²) in [5, 5.41) is 19.1. The quantitative estimate of drug-likeness (QED) is 0.596. The molecule has 1 aromatic rings. The molecule has 0 aliphatic heterocycles. The summed E-state index contributed by atoms with van der Waals surface area (Å²) in [6.45, 7) is -0.122. The molecule has 0 spiro atoms. The molecule has 0 bridgehead atoms. The summed E-state index contributed by atoms with van der Waals surface area (Å²) in [6, 6.07) is 5.89. The van der Waals surface area contributed by atoms with Gasteiger partial charge >= 0.3 is 0 Å². The Bertz CT molecular complexity index is 333. The highest BCUT2D eigenvalue weighted by Gasteiger charge is 2.07. The largest absolute Gasteiger partial charge is 0.395 e. The number of rotatable bonds is 4. The van der Waals surface area contributed by atoms with Gasteiger partial charge in [0, 0.05) is 18.2 Å². The fourth-order valence-electron chi connectivity index (χ4n) is 1.16. The van der Waals surface area contributed by atoms with E-state index < -0.39 is 4.92 Å². The first-order chi connectivity index (χ1) is 6.63. The molecule has 6 heteroatoms. The van der Waals surface area contributed by atoms with Crippen LogP contribution in [0, 0.1) is 10.1 Å². The number of aliphatic hydroxyl groups is 1. The number of aliphatic hydroxyl groups excluding tert-OH is 1. The Morgan fingerprint density at radius 3 is 2.73 bits per heavy atom. The monoisotopic (exact) mass is 232 g/mol. The third-order valence-corrected chi connectivity index (χ3v) is 1.85. The van der Waals surface area contributed by atoms with Crippen molar-refractivity contribution in [1.29, 1.82) is 0 Å². The molecule has 0 amide bonds. The average molecular weight is 233 g/mol. The number of non-ortho nitro benzene ring substituents is 1. The summed E-state index contributed by atoms with van der Waals surface area (Å²) in [5.41, 5.74) is 6.32. The van der Waals surface area contributed by atoms with Crippen LogP contribution in [0.4, 0.5) is 5.69 Å². The van der Waals surface area contributed by atoms with Gasteiger partial charge < -0.3 is 10.8 Å². The first-order valence-corrected chi connectivity index (χ1v) is 4.23. The van der Waals surface area contributed by atoms with Gasteiger partial charge in [-0.3, -0.25) is 10.1 Å². The third kappa shape index (κ3) is 4.24. The minimum atomic E-state index is -0.450. The Hall–Kier alpha value is -1.17. The van der Waals surface area contributed by atoms with Crippen molar-refractivity contribution in [2.24, 2.45) is 5.73 Å². The number of hydrogen-bond donors (Lipinski definition) is 2. The van der Waals surface area contributed by atoms with Gasteiger partial charge in [0.1, 0.15) is 0 Å². The second-order valence-corrected chi connectivity index (χ2v) is 3.07. The molecule has 3 N–H and O–H groups in total. The number of nitrogens with zero attached hydrogens (tertiary/aromatic N) is 1. The SMILES string of the molecule is Cl.N[C@@H](CO)Cc1cccc([N+](=O)[O-])c1. The van der Waals surface area contributed by atoms with E-state index in [2.05, 4.69) is 0 Å². The number of nitro groups is 1. The molecule has 84 valence electrons. The Morgan fingerprint density at radius 1 is 1.53 bits per heavy atom. The van der Waals surface area contributed by atoms with Crippen LogP contribution in [-0.4, -0.2) is 22.7 Å². The van der Waals surface area contributed by atoms with Crippen molar-refractivity contribution in [2.75, 3.05) is 6.61 Å². The van der Waals surface area contributed by atoms with Gasteiger partial charge in [-0.25, -0.2) is 0 Å². The molecule has 0 radical (unpaired) electrons. The van der Waals surface area contributed by atoms with E-state index in [0.717, 1.165) is 5.56 Å². The smallest absolute Gasteiger partial charge is 0.269 e. The van der Waals surface area contributed by atoms with E-state index in [1.165, 1.54) is 12.1 Å². The minimum absolute atomic E-state index is 0. The van der Waals surface area contributed by atoms with Crippen molar-refractivity contribution in [3.63, 3.8) is 0 Å². The first kappa shape index (κ1) is 13.8. The molecule has 0 saturated heterocycles. The molecular formula is C9H13ClN2O3. The van der Waals surface area contributed by atoms with Crippen molar-refractivity contribution in [3.8, 4) is 0 Å². The Balaban J connectivity index is 0.00000196. The number of halogens is 1. The Morgan fingerprint density at radius 2 is 2.20 bits per heavy atom. The van der Waals surface area contributed by atoms with Gasteiger partial charge in [-0.1, -0.05) is 12.1 Å². The zero-order valence-corrected chi connectivity index (χ0v) is 8.81. The molecule has 5 nitrogen and oxygen atoms in total. The molecule has 0 aliphatic rings. The van der Waals surface area contributed by atoms with Gasteiger partial charge in [0.15, 0.2) is 0 Å². The summed E-state index contributed by atoms with van der Waals surface area (Å²) >= 11 is 0. The molecule has 0 aromatic heterocycles. The van der Waals surface area contributed by atoms with Gasteiger partial charge in [0.2, 0.25) is 0 Å². The molecule has 0 fully saturated rings. The fraction of sp³-hybridized carbons (Fsp3) is 0.333. The van der Waals surface area contributed by atoms with Crippen molar-refractivity contribution in [2.45, 2.75) is 12.5 Å². The topological polar surface area (TPSA) is 89.4 Å². The zero-order chi connectivity index (χ0) is 10.6. The van der Waals surface area contributed by atoms with Gasteiger partial charge in [-0.2, -0.15) is 0 Å². The molecular weight excluding hydrogens is 220 g/mol. The molecule has 0 heterocycles. The summed E-state index contributed by atoms with van der Waals surface area (Å²) in [5.74, 6) is 0. The van der Waals surface area contributed by atoms with E-state index in [-0.39, 0.29) is 30.7 Å². The van der Waals surface area contributed by atoms with E-state index in [1.807, 2.05) is 0 Å². The van der Waals surface area contributed by atoms with Crippen LogP contribution >= 0.6 is 12.4 Å². The minimum Gasteiger partial charge on any atom is -0.395 e. The maximum Gasteiger partial charge on any atom is 0.269 e. The lowest BCUT2D eigenvalue weighted by Crippen LogP contribution is -2.26. The molecule has 1 atom stereocenters. The predicted octanol–water partition coefficient (Wildman–Crippen LogP) is 0.879. The number of nitrogens with two attached hydrogens (primary N) is 1. The summed E-state index contributed by atoms with van der Waals surface area (Å²) < 4.78 is 0. The second-order valence-electron chi connectivity index (χ2n) is 3.07. The lowest BCUT2D eigenvalue weighted by atomic mass is 10.1. The maximum atomic E-state index is 10.4. The van der Waals surface area contributed by atoms with Gasteiger partial charge in [-0.05, 0) is 12.0 Å². The number of nitro benzene ring substituents is 1. The van der Waals surface area contributed by atoms with E-state index in [4.69, 9.17) is 10.8 Å². The molecule has 1 aromatic carbocycles. The van der Waals surface area contributed by atoms with Gasteiger partial charge in [-0.15, -0.1) is 12.4 Å². The Kier molecular flexibility index (Phi) is 5.84. The third-order valence-electron chi connectivity index (χ3n) is 1.85. The van der Waals surface area contributed by atoms with Crippen LogP contribution < -0.4 is 5.73 Å². The van der Waals surface area contributed by atoms with E-state index in [9.17, 15) is 10.1 Å². The van der Waals surface area contributed by atoms with Crippen LogP contribution in [0.1, 0.15) is 5.56 Å². The lowest BCUT2D eigenvalue weighted by Gasteiger charge is -2.06. The highest BCUT2D eigenvalue weighted by atomic mass is 35.5. The summed E-state index contributed by atoms with van der Waals surface area (Å²) in [4.78, 5) is 9.98. The normalized spacial score (nSPS) is 11.6. The average Bonchev–Trinajstić information content (AvgIpc) is 2.18. The standard InChI is InChI=1S/C9H12N2O3.ClH/c10-8(6-12)4-7-2-1-3-9(5-7)11(13)14;/h1-3,5,8,12H,4,6,10H2;1H/t8-;/m1./s1. The number of benzene rings is 1. The van der Waals surface area contributed by atoms with Gasteiger partial charge in [0.05, 0.1) is 11.5 Å². The van der Waals surface area contributed by atoms with Crippen molar-refractivity contribution < 1.29 is 10.0 Å². The van der Waals surface area contributed by atoms with Crippen LogP contribution in [0.25, 0.3) is 0 Å². The predicted molar refractivity (Wildman–Crippen MR) is 59.1 cm³/mol. The molecule has 0 unspecified atom stereocenters. The van der Waals surface area contributed by atoms with Crippen LogP contribution in [0.3, 0.4) is 0 Å². The molecule has 15 heavy (non-hydrogen) atoms. The zero-order valence-electron chi connectivity index (χ0n) is 8.00. The van der Waals surface area contributed by atoms with Crippen molar-refractivity contribution in [3.05, 3.63) is 39.9 Å². The second kappa shape index (κ2) is 6.34. The molecule has 0 saturated carbocycles. The van der Waals surface area contributed by atoms with Crippen LogP contribution in [0.15, 0.2) is 24.3 Å². The van der Waals surface area contributed by atoms with E-state index in [1.54, 1.807) is 12.1 Å². The number of hydrogen-bond acceptors (Lipinski definition) is 4. The molecule has 1 rings (SSSR count). The summed E-state index contributed by atoms with van der Waals surface area (Å²) in [7, 11) is 0. The van der Waals surface area contributed by atoms with E-state index in [0.29, 0.717) is 6.42 Å². The van der Waals surface area contributed by atoms with Crippen molar-refractivity contribution in [1.82, 2.24) is 0 Å². The van der Waals surface area contributed by atoms with Crippen LogP contribution in [-0.2, 0) is 6.42 Å². The van der Waals surface area contributed by atoms with Crippen LogP contribution in [0.2, 0.25) is 0 Å². The first-order valence-electron chi connectivity index (χ1n) is 4.23. The van der Waals surface area contributed by atoms with Crippen molar-refractivity contribution >= 4 is 18.1 Å². The lowest BCUT2D eigenvalue weighted by molar-refractivity contribution is -0.384. The van der Waals surface area contributed by atoms with E-state index >= 15 is 0 Å². The fourth-order valence-corrected chi connectivity index (χ4v) is 1.16. The maximum absolute atomic E-state index is 10.4. The highest BCUT2D eigenvalue weighted by molar-refractivity contribution is 5.85. The summed E-state index contributed by atoms with van der Waals surface area (Å²) in [6.07, 6.45) is 0.443. The van der Waals surface area contributed by atoms with Crippen LogP contribution in [0.5, 0.6) is 0 Å². The highest BCUT2D eigenvalue weighted by Crippen LogP contribution is 2.13. The molecule has 0 aliphatic carbocycles.